The van der Waals surface area contributed by atoms with Crippen LogP contribution in [0.5, 0.6) is 0 Å². The van der Waals surface area contributed by atoms with Crippen LogP contribution in [0.25, 0.3) is 0 Å². The summed E-state index contributed by atoms with van der Waals surface area (Å²) in [5, 5.41) is 3.11. The van der Waals surface area contributed by atoms with Crippen molar-refractivity contribution in [1.82, 2.24) is 19.3 Å². The Labute approximate surface area is 126 Å². The second-order valence-corrected chi connectivity index (χ2v) is 7.08. The highest BCUT2D eigenvalue weighted by Gasteiger charge is 2.28. The first kappa shape index (κ1) is 16.4. The van der Waals surface area contributed by atoms with E-state index in [1.807, 2.05) is 14.0 Å². The lowest BCUT2D eigenvalue weighted by atomic mass is 10.00. The number of hydrogen-bond donors (Lipinski definition) is 2. The van der Waals surface area contributed by atoms with Gasteiger partial charge in [-0.2, -0.15) is 17.4 Å². The van der Waals surface area contributed by atoms with Crippen molar-refractivity contribution in [3.05, 3.63) is 17.8 Å². The molecule has 0 aromatic carbocycles. The van der Waals surface area contributed by atoms with Crippen molar-refractivity contribution >= 4 is 10.2 Å². The van der Waals surface area contributed by atoms with Gasteiger partial charge >= 0.3 is 0 Å². The molecule has 0 bridgehead atoms. The molecule has 21 heavy (non-hydrogen) atoms. The lowest BCUT2D eigenvalue weighted by Gasteiger charge is -2.31. The molecule has 1 aliphatic heterocycles. The van der Waals surface area contributed by atoms with E-state index in [4.69, 9.17) is 4.42 Å². The Balaban J connectivity index is 1.91. The van der Waals surface area contributed by atoms with E-state index in [1.165, 1.54) is 4.31 Å². The Kier molecular flexibility index (Phi) is 5.74. The van der Waals surface area contributed by atoms with Gasteiger partial charge in [0.15, 0.2) is 0 Å². The third-order valence-corrected chi connectivity index (χ3v) is 5.19. The van der Waals surface area contributed by atoms with Crippen LogP contribution in [0.1, 0.15) is 31.4 Å². The molecule has 2 rings (SSSR count). The van der Waals surface area contributed by atoms with E-state index in [-0.39, 0.29) is 6.54 Å². The molecular formula is C13H24N4O3S. The average Bonchev–Trinajstić information content (AvgIpc) is 2.94. The first-order valence-corrected chi connectivity index (χ1v) is 8.82. The lowest BCUT2D eigenvalue weighted by Crippen LogP contribution is -2.47. The van der Waals surface area contributed by atoms with Crippen LogP contribution in [0.3, 0.4) is 0 Å². The van der Waals surface area contributed by atoms with Gasteiger partial charge in [-0.05, 0) is 32.4 Å². The molecule has 2 N–H and O–H groups in total. The third-order valence-electron chi connectivity index (χ3n) is 3.67. The largest absolute Gasteiger partial charge is 0.444 e. The molecule has 1 atom stereocenters. The predicted octanol–water partition coefficient (Wildman–Crippen LogP) is 0.503. The van der Waals surface area contributed by atoms with Gasteiger partial charge in [0, 0.05) is 19.5 Å². The minimum Gasteiger partial charge on any atom is -0.444 e. The van der Waals surface area contributed by atoms with Crippen LogP contribution in [0.15, 0.2) is 10.6 Å². The van der Waals surface area contributed by atoms with Gasteiger partial charge in [0.25, 0.3) is 10.2 Å². The van der Waals surface area contributed by atoms with E-state index in [0.29, 0.717) is 24.9 Å². The van der Waals surface area contributed by atoms with Gasteiger partial charge < -0.3 is 9.73 Å². The zero-order valence-corrected chi connectivity index (χ0v) is 13.4. The Hall–Kier alpha value is -0.960. The van der Waals surface area contributed by atoms with E-state index >= 15 is 0 Å². The Morgan fingerprint density at radius 3 is 3.00 bits per heavy atom. The van der Waals surface area contributed by atoms with Gasteiger partial charge in [-0.15, -0.1) is 0 Å². The van der Waals surface area contributed by atoms with Crippen LogP contribution in [0.2, 0.25) is 0 Å². The summed E-state index contributed by atoms with van der Waals surface area (Å²) in [4.78, 5) is 4.06. The monoisotopic (exact) mass is 316 g/mol. The molecule has 8 heteroatoms. The molecule has 1 aromatic heterocycles. The first-order valence-electron chi connectivity index (χ1n) is 7.38. The molecule has 1 aromatic rings. The summed E-state index contributed by atoms with van der Waals surface area (Å²) in [5.41, 5.74) is 0. The molecule has 120 valence electrons. The number of aryl methyl sites for hydroxylation is 1. The second-order valence-electron chi connectivity index (χ2n) is 5.32. The predicted molar refractivity (Wildman–Crippen MR) is 79.9 cm³/mol. The maximum Gasteiger partial charge on any atom is 0.279 e. The summed E-state index contributed by atoms with van der Waals surface area (Å²) in [6.07, 6.45) is 4.34. The van der Waals surface area contributed by atoms with Crippen LogP contribution in [0, 0.1) is 5.92 Å². The zero-order chi connectivity index (χ0) is 15.3. The number of nitrogens with zero attached hydrogens (tertiary/aromatic N) is 2. The Morgan fingerprint density at radius 1 is 1.52 bits per heavy atom. The SMILES string of the molecule is CCc1cnc(CNS(=O)(=O)N2CCCC(CNC)C2)o1. The standard InChI is InChI=1S/C13H24N4O3S/c1-3-12-8-15-13(20-12)9-16-21(18,19)17-6-4-5-11(10-17)7-14-2/h8,11,14,16H,3-7,9-10H2,1-2H3. The van der Waals surface area contributed by atoms with Crippen molar-refractivity contribution in [2.24, 2.45) is 5.92 Å². The molecular weight excluding hydrogens is 292 g/mol. The number of aromatic nitrogens is 1. The summed E-state index contributed by atoms with van der Waals surface area (Å²) in [6.45, 7) is 4.02. The molecule has 0 spiro atoms. The van der Waals surface area contributed by atoms with Gasteiger partial charge in [0.1, 0.15) is 5.76 Å². The third kappa shape index (κ3) is 4.50. The molecule has 2 heterocycles. The zero-order valence-electron chi connectivity index (χ0n) is 12.6. The van der Waals surface area contributed by atoms with E-state index in [9.17, 15) is 8.42 Å². The molecule has 1 unspecified atom stereocenters. The maximum atomic E-state index is 12.3. The number of oxazole rings is 1. The fourth-order valence-corrected chi connectivity index (χ4v) is 3.80. The quantitative estimate of drug-likeness (QED) is 0.765. The van der Waals surface area contributed by atoms with Crippen molar-refractivity contribution < 1.29 is 12.8 Å². The molecule has 0 aliphatic carbocycles. The fraction of sp³-hybridized carbons (Fsp3) is 0.769. The molecule has 0 saturated carbocycles. The van der Waals surface area contributed by atoms with E-state index in [2.05, 4.69) is 15.0 Å². The smallest absolute Gasteiger partial charge is 0.279 e. The molecule has 1 aliphatic rings. The summed E-state index contributed by atoms with van der Waals surface area (Å²) < 4.78 is 34.1. The van der Waals surface area contributed by atoms with Gasteiger partial charge in [0.2, 0.25) is 5.89 Å². The Morgan fingerprint density at radius 2 is 2.33 bits per heavy atom. The lowest BCUT2D eigenvalue weighted by molar-refractivity contribution is 0.260. The van der Waals surface area contributed by atoms with E-state index < -0.39 is 10.2 Å². The number of hydrogen-bond acceptors (Lipinski definition) is 5. The highest BCUT2D eigenvalue weighted by atomic mass is 32.2. The van der Waals surface area contributed by atoms with Crippen LogP contribution in [0.4, 0.5) is 0 Å². The van der Waals surface area contributed by atoms with Gasteiger partial charge in [-0.1, -0.05) is 6.92 Å². The second kappa shape index (κ2) is 7.35. The molecule has 1 saturated heterocycles. The Bertz CT molecular complexity index is 541. The van der Waals surface area contributed by atoms with Gasteiger partial charge in [0.05, 0.1) is 12.7 Å². The van der Waals surface area contributed by atoms with Crippen LogP contribution < -0.4 is 10.0 Å². The maximum absolute atomic E-state index is 12.3. The highest BCUT2D eigenvalue weighted by molar-refractivity contribution is 7.87. The summed E-state index contributed by atoms with van der Waals surface area (Å²) in [6, 6.07) is 0. The number of nitrogens with one attached hydrogen (secondary N) is 2. The van der Waals surface area contributed by atoms with Gasteiger partial charge in [-0.25, -0.2) is 4.98 Å². The number of piperidine rings is 1. The summed E-state index contributed by atoms with van der Waals surface area (Å²) >= 11 is 0. The first-order chi connectivity index (χ1) is 10.0. The van der Waals surface area contributed by atoms with E-state index in [0.717, 1.165) is 31.6 Å². The van der Waals surface area contributed by atoms with Crippen molar-refractivity contribution in [2.45, 2.75) is 32.7 Å². The molecule has 1 fully saturated rings. The minimum absolute atomic E-state index is 0.0928. The van der Waals surface area contributed by atoms with Gasteiger partial charge in [-0.3, -0.25) is 0 Å². The highest BCUT2D eigenvalue weighted by Crippen LogP contribution is 2.18. The van der Waals surface area contributed by atoms with Crippen LogP contribution in [-0.2, 0) is 23.2 Å². The molecule has 7 nitrogen and oxygen atoms in total. The normalized spacial score (nSPS) is 20.8. The van der Waals surface area contributed by atoms with Crippen molar-refractivity contribution in [3.8, 4) is 0 Å². The molecule has 0 radical (unpaired) electrons. The van der Waals surface area contributed by atoms with Crippen molar-refractivity contribution in [2.75, 3.05) is 26.7 Å². The molecule has 0 amide bonds. The van der Waals surface area contributed by atoms with E-state index in [1.54, 1.807) is 6.20 Å². The summed E-state index contributed by atoms with van der Waals surface area (Å²) in [7, 11) is -1.59. The van der Waals surface area contributed by atoms with Crippen molar-refractivity contribution in [1.29, 1.82) is 0 Å². The van der Waals surface area contributed by atoms with Crippen molar-refractivity contribution in [3.63, 3.8) is 0 Å². The topological polar surface area (TPSA) is 87.5 Å². The average molecular weight is 316 g/mol. The number of rotatable bonds is 7. The van der Waals surface area contributed by atoms with Crippen LogP contribution in [-0.4, -0.2) is 44.4 Å². The fourth-order valence-electron chi connectivity index (χ4n) is 2.54. The minimum atomic E-state index is -3.47. The summed E-state index contributed by atoms with van der Waals surface area (Å²) in [5.74, 6) is 1.53. The van der Waals surface area contributed by atoms with Crippen LogP contribution >= 0.6 is 0 Å².